The van der Waals surface area contributed by atoms with Crippen molar-refractivity contribution < 1.29 is 0 Å². The van der Waals surface area contributed by atoms with Crippen LogP contribution in [-0.4, -0.2) is 0 Å². The second-order valence-electron chi connectivity index (χ2n) is 18.2. The largest absolute Gasteiger partial charge is 0.0839 e. The molecule has 1 saturated carbocycles. The van der Waals surface area contributed by atoms with Crippen molar-refractivity contribution in [2.45, 2.75) is 126 Å². The summed E-state index contributed by atoms with van der Waals surface area (Å²) < 4.78 is 0. The fourth-order valence-electron chi connectivity index (χ4n) is 9.96. The molecule has 1 unspecified atom stereocenters. The molecule has 252 valence electrons. The molecule has 0 heterocycles. The predicted octanol–water partition coefficient (Wildman–Crippen LogP) is 13.8. The number of hydrogen-bond donors (Lipinski definition) is 0. The lowest BCUT2D eigenvalue weighted by Crippen LogP contribution is -2.44. The minimum atomic E-state index is 0.0337. The van der Waals surface area contributed by atoms with E-state index < -0.39 is 0 Å². The molecule has 0 bridgehead atoms. The maximum Gasteiger partial charge on any atom is 0.0390 e. The summed E-state index contributed by atoms with van der Waals surface area (Å²) in [7, 11) is 0. The fourth-order valence-corrected chi connectivity index (χ4v) is 9.96. The van der Waals surface area contributed by atoms with Crippen molar-refractivity contribution >= 4 is 0 Å². The minimum absolute atomic E-state index is 0.0337. The van der Waals surface area contributed by atoms with Crippen LogP contribution in [0.4, 0.5) is 0 Å². The highest BCUT2D eigenvalue weighted by atomic mass is 14.6. The molecule has 0 aromatic heterocycles. The van der Waals surface area contributed by atoms with E-state index in [1.165, 1.54) is 68.1 Å². The summed E-state index contributed by atoms with van der Waals surface area (Å²) in [4.78, 5) is 0. The van der Waals surface area contributed by atoms with Crippen LogP contribution in [-0.2, 0) is 5.41 Å². The lowest BCUT2D eigenvalue weighted by molar-refractivity contribution is -0.0118. The average Bonchev–Trinajstić information content (AvgIpc) is 3.62. The molecule has 5 aliphatic carbocycles. The molecule has 0 radical (unpaired) electrons. The first-order valence-electron chi connectivity index (χ1n) is 18.7. The third kappa shape index (κ3) is 7.28. The van der Waals surface area contributed by atoms with Crippen molar-refractivity contribution in [2.75, 3.05) is 0 Å². The van der Waals surface area contributed by atoms with E-state index in [0.29, 0.717) is 27.1 Å². The third-order valence-corrected chi connectivity index (χ3v) is 12.6. The van der Waals surface area contributed by atoms with Crippen LogP contribution in [0.2, 0.25) is 0 Å². The molecule has 5 aliphatic rings. The number of benzene rings is 2. The highest BCUT2D eigenvalue weighted by Crippen LogP contribution is 2.64. The number of allylic oxidation sites excluding steroid dienone is 10. The van der Waals surface area contributed by atoms with Gasteiger partial charge in [-0.05, 0) is 82.3 Å². The SMILES string of the molecule is CC1(C)C=CC(C)(C)C12CCCCC2.CC1(C)C=CC(C)(C2=CCCC=C2)C1.CC1(C)C=CC(c2ccccc2)(c2ccccc2)C1. The monoisotopic (exact) mass is 629 g/mol. The molecule has 7 rings (SSSR count). The summed E-state index contributed by atoms with van der Waals surface area (Å²) in [5, 5.41) is 0. The van der Waals surface area contributed by atoms with E-state index in [4.69, 9.17) is 0 Å². The van der Waals surface area contributed by atoms with Gasteiger partial charge in [0.05, 0.1) is 0 Å². The molecule has 1 atom stereocenters. The average molecular weight is 629 g/mol. The van der Waals surface area contributed by atoms with Gasteiger partial charge in [0.25, 0.3) is 0 Å². The Morgan fingerprint density at radius 1 is 0.489 bits per heavy atom. The minimum Gasteiger partial charge on any atom is -0.0839 e. The fraction of sp³-hybridized carbons (Fsp3) is 0.532. The van der Waals surface area contributed by atoms with Gasteiger partial charge in [-0.25, -0.2) is 0 Å². The van der Waals surface area contributed by atoms with Crippen LogP contribution in [0.15, 0.2) is 121 Å². The summed E-state index contributed by atoms with van der Waals surface area (Å²) in [6.45, 7) is 21.4. The van der Waals surface area contributed by atoms with Crippen LogP contribution in [0, 0.1) is 32.5 Å². The normalized spacial score (nSPS) is 27.8. The van der Waals surface area contributed by atoms with Gasteiger partial charge >= 0.3 is 0 Å². The molecule has 0 nitrogen and oxygen atoms in total. The van der Waals surface area contributed by atoms with E-state index in [2.05, 4.69) is 178 Å². The Morgan fingerprint density at radius 3 is 1.43 bits per heavy atom. The Kier molecular flexibility index (Phi) is 9.97. The summed E-state index contributed by atoms with van der Waals surface area (Å²) in [5.41, 5.74) is 6.64. The zero-order valence-electron chi connectivity index (χ0n) is 31.3. The van der Waals surface area contributed by atoms with Gasteiger partial charge in [-0.15, -0.1) is 0 Å². The molecule has 0 amide bonds. The molecule has 1 fully saturated rings. The smallest absolute Gasteiger partial charge is 0.0390 e. The Labute approximate surface area is 289 Å². The molecular formula is C47H64. The summed E-state index contributed by atoms with van der Waals surface area (Å²) in [5.74, 6) is 0. The lowest BCUT2D eigenvalue weighted by Gasteiger charge is -2.52. The van der Waals surface area contributed by atoms with Crippen LogP contribution in [0.5, 0.6) is 0 Å². The number of hydrogen-bond acceptors (Lipinski definition) is 0. The van der Waals surface area contributed by atoms with E-state index in [-0.39, 0.29) is 10.8 Å². The van der Waals surface area contributed by atoms with Gasteiger partial charge in [0.15, 0.2) is 0 Å². The molecule has 0 aliphatic heterocycles. The standard InChI is InChI=1S/C19H20.C14H24.C14H20/c1-18(2)13-14-19(15-18,16-9-5-3-6-10-16)17-11-7-4-8-12-17;1-12(2)10-11-13(3,4)14(12)8-6-5-7-9-14;1-13(2)9-10-14(3,11-13)12-7-5-4-6-8-12/h3-14H,15H2,1-2H3;10-11H,5-9H2,1-4H3;5,7-10H,4,6,11H2,1-3H3. The molecule has 0 saturated heterocycles. The zero-order chi connectivity index (χ0) is 34.0. The van der Waals surface area contributed by atoms with E-state index in [1.54, 1.807) is 0 Å². The predicted molar refractivity (Wildman–Crippen MR) is 206 cm³/mol. The van der Waals surface area contributed by atoms with Gasteiger partial charge in [-0.2, -0.15) is 0 Å². The molecule has 47 heavy (non-hydrogen) atoms. The van der Waals surface area contributed by atoms with Crippen molar-refractivity contribution in [3.8, 4) is 0 Å². The van der Waals surface area contributed by atoms with E-state index in [1.807, 2.05) is 0 Å². The maximum absolute atomic E-state index is 2.47. The Morgan fingerprint density at radius 2 is 1.00 bits per heavy atom. The van der Waals surface area contributed by atoms with Gasteiger partial charge in [-0.1, -0.05) is 197 Å². The van der Waals surface area contributed by atoms with Crippen molar-refractivity contribution in [3.05, 3.63) is 132 Å². The number of rotatable bonds is 3. The van der Waals surface area contributed by atoms with Crippen LogP contribution >= 0.6 is 0 Å². The molecule has 2 aromatic rings. The van der Waals surface area contributed by atoms with Crippen LogP contribution in [0.1, 0.15) is 131 Å². The van der Waals surface area contributed by atoms with Crippen molar-refractivity contribution in [1.82, 2.24) is 0 Å². The molecule has 0 N–H and O–H groups in total. The third-order valence-electron chi connectivity index (χ3n) is 12.6. The lowest BCUT2D eigenvalue weighted by atomic mass is 9.52. The Hall–Kier alpha value is -2.86. The van der Waals surface area contributed by atoms with Gasteiger partial charge in [0, 0.05) is 10.8 Å². The van der Waals surface area contributed by atoms with Crippen LogP contribution in [0.25, 0.3) is 0 Å². The topological polar surface area (TPSA) is 0 Å². The summed E-state index contributed by atoms with van der Waals surface area (Å²) >= 11 is 0. The first kappa shape index (κ1) is 35.4. The van der Waals surface area contributed by atoms with Gasteiger partial charge in [0.1, 0.15) is 0 Å². The highest BCUT2D eigenvalue weighted by Gasteiger charge is 2.55. The van der Waals surface area contributed by atoms with Crippen molar-refractivity contribution in [2.24, 2.45) is 32.5 Å². The summed E-state index contributed by atoms with van der Waals surface area (Å²) in [6.07, 6.45) is 33.5. The first-order chi connectivity index (χ1) is 22.1. The second-order valence-corrected chi connectivity index (χ2v) is 18.2. The van der Waals surface area contributed by atoms with E-state index in [0.717, 1.165) is 6.42 Å². The van der Waals surface area contributed by atoms with E-state index in [9.17, 15) is 0 Å². The molecule has 2 aromatic carbocycles. The maximum atomic E-state index is 2.47. The van der Waals surface area contributed by atoms with Crippen LogP contribution < -0.4 is 0 Å². The van der Waals surface area contributed by atoms with E-state index >= 15 is 0 Å². The van der Waals surface area contributed by atoms with Gasteiger partial charge in [-0.3, -0.25) is 0 Å². The summed E-state index contributed by atoms with van der Waals surface area (Å²) in [6, 6.07) is 21.7. The zero-order valence-corrected chi connectivity index (χ0v) is 31.3. The highest BCUT2D eigenvalue weighted by molar-refractivity contribution is 5.47. The Bertz CT molecular complexity index is 1430. The van der Waals surface area contributed by atoms with Gasteiger partial charge < -0.3 is 0 Å². The van der Waals surface area contributed by atoms with Gasteiger partial charge in [0.2, 0.25) is 0 Å². The quantitative estimate of drug-likeness (QED) is 0.297. The Balaban J connectivity index is 0.000000141. The first-order valence-corrected chi connectivity index (χ1v) is 18.7. The van der Waals surface area contributed by atoms with Crippen LogP contribution in [0.3, 0.4) is 0 Å². The molecule has 0 heteroatoms. The van der Waals surface area contributed by atoms with Crippen molar-refractivity contribution in [3.63, 3.8) is 0 Å². The molecule has 1 spiro atoms. The molecular weight excluding hydrogens is 565 g/mol. The van der Waals surface area contributed by atoms with Crippen molar-refractivity contribution in [1.29, 1.82) is 0 Å². The second kappa shape index (κ2) is 13.2.